The van der Waals surface area contributed by atoms with Crippen molar-refractivity contribution < 1.29 is 33.4 Å². The number of thiazole rings is 1. The van der Waals surface area contributed by atoms with Gasteiger partial charge in [0.15, 0.2) is 16.6 Å². The number of hydrogen-bond acceptors (Lipinski definition) is 11. The molecule has 1 aliphatic heterocycles. The van der Waals surface area contributed by atoms with E-state index in [0.29, 0.717) is 17.1 Å². The minimum atomic E-state index is -0.946. The van der Waals surface area contributed by atoms with Gasteiger partial charge in [-0.15, -0.1) is 11.3 Å². The summed E-state index contributed by atoms with van der Waals surface area (Å²) in [6.45, 7) is 10.6. The lowest BCUT2D eigenvalue weighted by molar-refractivity contribution is -0.135. The second-order valence-electron chi connectivity index (χ2n) is 8.58. The molecule has 0 atom stereocenters. The largest absolute Gasteiger partial charge is 0.461 e. The van der Waals surface area contributed by atoms with Gasteiger partial charge in [-0.25, -0.2) is 14.6 Å². The van der Waals surface area contributed by atoms with E-state index in [4.69, 9.17) is 29.5 Å². The number of ether oxygens (including phenoxy) is 4. The Morgan fingerprint density at radius 1 is 1.24 bits per heavy atom. The van der Waals surface area contributed by atoms with Crippen molar-refractivity contribution in [3.8, 4) is 11.5 Å². The van der Waals surface area contributed by atoms with Crippen LogP contribution in [0.1, 0.15) is 63.2 Å². The minimum absolute atomic E-state index is 0.0740. The van der Waals surface area contributed by atoms with E-state index in [1.807, 2.05) is 0 Å². The molecule has 0 radical (unpaired) electrons. The van der Waals surface area contributed by atoms with E-state index in [-0.39, 0.29) is 35.3 Å². The number of hydrogen-bond donors (Lipinski definition) is 1. The number of nitrogen functional groups attached to an aromatic ring is 1. The first-order valence-corrected chi connectivity index (χ1v) is 11.1. The first kappa shape index (κ1) is 24.3. The summed E-state index contributed by atoms with van der Waals surface area (Å²) < 4.78 is 22.2. The third-order valence-corrected chi connectivity index (χ3v) is 4.73. The van der Waals surface area contributed by atoms with E-state index < -0.39 is 23.3 Å². The van der Waals surface area contributed by atoms with Crippen molar-refractivity contribution in [2.24, 2.45) is 5.16 Å². The summed E-state index contributed by atoms with van der Waals surface area (Å²) in [5.41, 5.74) is 5.86. The molecule has 2 aromatic rings. The van der Waals surface area contributed by atoms with E-state index in [1.165, 1.54) is 0 Å². The molecule has 3 rings (SSSR count). The summed E-state index contributed by atoms with van der Waals surface area (Å²) in [5.74, 6) is -1.52. The van der Waals surface area contributed by atoms with E-state index in [1.54, 1.807) is 59.1 Å². The minimum Gasteiger partial charge on any atom is -0.461 e. The molecule has 0 spiro atoms. The lowest BCUT2D eigenvalue weighted by Gasteiger charge is -2.20. The quantitative estimate of drug-likeness (QED) is 0.360. The summed E-state index contributed by atoms with van der Waals surface area (Å²) in [7, 11) is 0. The Bertz CT molecular complexity index is 1090. The number of anilines is 1. The van der Waals surface area contributed by atoms with Gasteiger partial charge >= 0.3 is 11.9 Å². The molecular formula is C22H27N3O7S. The Balaban J connectivity index is 1.88. The maximum absolute atomic E-state index is 12.8. The Labute approximate surface area is 195 Å². The highest BCUT2D eigenvalue weighted by atomic mass is 32.1. The Hall–Kier alpha value is -3.34. The van der Waals surface area contributed by atoms with Gasteiger partial charge in [0.05, 0.1) is 6.61 Å². The van der Waals surface area contributed by atoms with Crippen LogP contribution >= 0.6 is 11.3 Å². The lowest BCUT2D eigenvalue weighted by atomic mass is 10.1. The van der Waals surface area contributed by atoms with Crippen LogP contribution in [0.5, 0.6) is 11.5 Å². The third kappa shape index (κ3) is 6.13. The van der Waals surface area contributed by atoms with Crippen molar-refractivity contribution in [2.75, 3.05) is 12.3 Å². The molecule has 0 bridgehead atoms. The van der Waals surface area contributed by atoms with Gasteiger partial charge in [0.25, 0.3) is 0 Å². The molecule has 2 N–H and O–H groups in total. The van der Waals surface area contributed by atoms with E-state index in [2.05, 4.69) is 10.1 Å². The Kier molecular flexibility index (Phi) is 6.82. The number of fused-ring (bicyclic) bond motifs is 1. The molecule has 0 fully saturated rings. The van der Waals surface area contributed by atoms with Crippen LogP contribution in [0.4, 0.5) is 5.13 Å². The Morgan fingerprint density at radius 2 is 1.97 bits per heavy atom. The average molecular weight is 478 g/mol. The molecule has 0 aliphatic carbocycles. The monoisotopic (exact) mass is 477 g/mol. The van der Waals surface area contributed by atoms with Crippen molar-refractivity contribution in [1.29, 1.82) is 0 Å². The second kappa shape index (κ2) is 9.26. The second-order valence-corrected chi connectivity index (χ2v) is 9.47. The first-order chi connectivity index (χ1) is 15.4. The fourth-order valence-corrected chi connectivity index (χ4v) is 3.44. The fourth-order valence-electron chi connectivity index (χ4n) is 2.90. The molecule has 178 valence electrons. The van der Waals surface area contributed by atoms with Crippen LogP contribution in [0.15, 0.2) is 22.7 Å². The van der Waals surface area contributed by atoms with Crippen LogP contribution in [-0.4, -0.2) is 40.6 Å². The van der Waals surface area contributed by atoms with Gasteiger partial charge in [0.2, 0.25) is 11.5 Å². The van der Waals surface area contributed by atoms with Gasteiger partial charge in [0.1, 0.15) is 23.5 Å². The molecule has 10 nitrogen and oxygen atoms in total. The predicted molar refractivity (Wildman–Crippen MR) is 121 cm³/mol. The number of carbonyl (C=O) groups is 2. The number of esters is 2. The zero-order valence-electron chi connectivity index (χ0n) is 19.4. The number of benzene rings is 1. The summed E-state index contributed by atoms with van der Waals surface area (Å²) in [5, 5.41) is 5.78. The summed E-state index contributed by atoms with van der Waals surface area (Å²) in [6.07, 6.45) is 0. The highest BCUT2D eigenvalue weighted by Gasteiger charge is 2.37. The van der Waals surface area contributed by atoms with Crippen molar-refractivity contribution in [2.45, 2.75) is 59.5 Å². The molecule has 1 aromatic heterocycles. The summed E-state index contributed by atoms with van der Waals surface area (Å²) in [6, 6.07) is 3.26. The van der Waals surface area contributed by atoms with Crippen LogP contribution in [0.25, 0.3) is 0 Å². The number of rotatable bonds is 7. The maximum Gasteiger partial charge on any atom is 0.362 e. The predicted octanol–water partition coefficient (Wildman–Crippen LogP) is 3.67. The van der Waals surface area contributed by atoms with Crippen molar-refractivity contribution in [3.63, 3.8) is 0 Å². The molecule has 0 saturated carbocycles. The van der Waals surface area contributed by atoms with Crippen LogP contribution in [0.3, 0.4) is 0 Å². The van der Waals surface area contributed by atoms with Crippen molar-refractivity contribution in [3.05, 3.63) is 34.3 Å². The van der Waals surface area contributed by atoms with Gasteiger partial charge in [-0.2, -0.15) is 0 Å². The number of aromatic nitrogens is 1. The first-order valence-electron chi connectivity index (χ1n) is 10.3. The van der Waals surface area contributed by atoms with Gasteiger partial charge in [0, 0.05) is 19.2 Å². The maximum atomic E-state index is 12.8. The molecular weight excluding hydrogens is 450 g/mol. The fraction of sp³-hybridized carbons (Fsp3) is 0.455. The van der Waals surface area contributed by atoms with Crippen LogP contribution < -0.4 is 15.2 Å². The molecule has 0 saturated heterocycles. The molecule has 0 unspecified atom stereocenters. The summed E-state index contributed by atoms with van der Waals surface area (Å²) >= 11 is 1.16. The molecule has 2 heterocycles. The summed E-state index contributed by atoms with van der Waals surface area (Å²) in [4.78, 5) is 34.6. The number of oxime groups is 1. The van der Waals surface area contributed by atoms with E-state index in [0.717, 1.165) is 11.3 Å². The van der Waals surface area contributed by atoms with Crippen LogP contribution in [0, 0.1) is 0 Å². The number of nitrogens with two attached hydrogens (primary N) is 1. The zero-order valence-corrected chi connectivity index (χ0v) is 20.2. The zero-order chi connectivity index (χ0) is 24.4. The molecule has 1 aliphatic rings. The van der Waals surface area contributed by atoms with Crippen LogP contribution in [-0.2, 0) is 25.7 Å². The Morgan fingerprint density at radius 3 is 2.58 bits per heavy atom. The molecule has 0 amide bonds. The lowest BCUT2D eigenvalue weighted by Crippen LogP contribution is -2.30. The van der Waals surface area contributed by atoms with E-state index in [9.17, 15) is 9.59 Å². The van der Waals surface area contributed by atoms with Crippen molar-refractivity contribution in [1.82, 2.24) is 4.98 Å². The standard InChI is InChI=1S/C22H27N3O7S/c1-7-28-19(27)16(14-11-33-20(23)24-14)25-29-10-12-8-13(18(26)32-21(2,3)4)17-15(9-12)30-22(5,6)31-17/h8-9,11H,7,10H2,1-6H3,(H2,23,24). The van der Waals surface area contributed by atoms with E-state index >= 15 is 0 Å². The third-order valence-electron chi connectivity index (χ3n) is 4.06. The SMILES string of the molecule is CCOC(=O)C(=NOCc1cc2c(c(C(=O)OC(C)(C)C)c1)OC(C)(C)O2)c1csc(N)n1. The topological polar surface area (TPSA) is 132 Å². The average Bonchev–Trinajstić information content (AvgIpc) is 3.24. The number of carbonyl (C=O) groups excluding carboxylic acids is 2. The highest BCUT2D eigenvalue weighted by Crippen LogP contribution is 2.43. The molecule has 11 heteroatoms. The normalized spacial score (nSPS) is 14.7. The van der Waals surface area contributed by atoms with Gasteiger partial charge in [-0.1, -0.05) is 5.16 Å². The van der Waals surface area contributed by atoms with Crippen molar-refractivity contribution >= 4 is 34.1 Å². The van der Waals surface area contributed by atoms with Gasteiger partial charge < -0.3 is 29.5 Å². The molecule has 1 aromatic carbocycles. The highest BCUT2D eigenvalue weighted by molar-refractivity contribution is 7.13. The van der Waals surface area contributed by atoms with Gasteiger partial charge in [-0.05, 0) is 45.4 Å². The van der Waals surface area contributed by atoms with Crippen LogP contribution in [0.2, 0.25) is 0 Å². The smallest absolute Gasteiger partial charge is 0.362 e. The van der Waals surface area contributed by atoms with Gasteiger partial charge in [-0.3, -0.25) is 0 Å². The number of nitrogens with zero attached hydrogens (tertiary/aromatic N) is 2. The molecule has 33 heavy (non-hydrogen) atoms.